The van der Waals surface area contributed by atoms with Crippen LogP contribution in [-0.2, 0) is 6.42 Å². The maximum atomic E-state index is 13.3. The highest BCUT2D eigenvalue weighted by Crippen LogP contribution is 2.33. The highest BCUT2D eigenvalue weighted by Gasteiger charge is 2.14. The average Bonchev–Trinajstić information content (AvgIpc) is 2.74. The molecule has 0 aliphatic heterocycles. The first-order valence-electron chi connectivity index (χ1n) is 10.2. The zero-order valence-electron chi connectivity index (χ0n) is 17.7. The van der Waals surface area contributed by atoms with Gasteiger partial charge in [0.05, 0.1) is 27.7 Å². The van der Waals surface area contributed by atoms with Gasteiger partial charge in [-0.3, -0.25) is 4.79 Å². The molecule has 0 aliphatic rings. The fourth-order valence-electron chi connectivity index (χ4n) is 3.02. The topological polar surface area (TPSA) is 56.5 Å². The number of aromatic nitrogens is 2. The minimum Gasteiger partial charge on any atom is -0.489 e. The summed E-state index contributed by atoms with van der Waals surface area (Å²) in [5, 5.41) is 5.58. The van der Waals surface area contributed by atoms with Crippen molar-refractivity contribution in [1.82, 2.24) is 9.66 Å². The zero-order chi connectivity index (χ0) is 22.5. The minimum absolute atomic E-state index is 0.0205. The van der Waals surface area contributed by atoms with E-state index in [1.165, 1.54) is 4.68 Å². The molecule has 0 bridgehead atoms. The molecule has 1 heterocycles. The number of hydrogen-bond donors (Lipinski definition) is 0. The molecule has 8 heteroatoms. The normalized spacial score (nSPS) is 12.6. The molecule has 3 aromatic rings. The average molecular weight is 570 g/mol. The number of rotatable bonds is 8. The van der Waals surface area contributed by atoms with Crippen molar-refractivity contribution < 1.29 is 4.74 Å². The van der Waals surface area contributed by atoms with E-state index in [4.69, 9.17) is 21.3 Å². The molecule has 0 aliphatic carbocycles. The molecule has 5 nitrogen and oxygen atoms in total. The molecule has 0 radical (unpaired) electrons. The quantitative estimate of drug-likeness (QED) is 0.275. The summed E-state index contributed by atoms with van der Waals surface area (Å²) >= 11 is 13.2. The van der Waals surface area contributed by atoms with Crippen LogP contribution in [0, 0.1) is 0 Å². The Bertz CT molecular complexity index is 1180. The molecule has 0 amide bonds. The molecule has 31 heavy (non-hydrogen) atoms. The molecule has 0 saturated heterocycles. The molecule has 0 N–H and O–H groups in total. The van der Waals surface area contributed by atoms with Crippen LogP contribution in [0.5, 0.6) is 5.75 Å². The van der Waals surface area contributed by atoms with Gasteiger partial charge >= 0.3 is 0 Å². The Morgan fingerprint density at radius 1 is 1.26 bits per heavy atom. The lowest BCUT2D eigenvalue weighted by molar-refractivity contribution is 0.215. The van der Waals surface area contributed by atoms with Crippen LogP contribution < -0.4 is 10.3 Å². The van der Waals surface area contributed by atoms with Gasteiger partial charge in [-0.15, -0.1) is 0 Å². The van der Waals surface area contributed by atoms with Gasteiger partial charge in [-0.2, -0.15) is 9.78 Å². The first-order chi connectivity index (χ1) is 14.8. The molecule has 0 unspecified atom stereocenters. The van der Waals surface area contributed by atoms with Crippen molar-refractivity contribution in [2.24, 2.45) is 5.10 Å². The molecule has 1 atom stereocenters. The van der Waals surface area contributed by atoms with E-state index in [0.717, 1.165) is 28.2 Å². The Morgan fingerprint density at radius 3 is 2.74 bits per heavy atom. The van der Waals surface area contributed by atoms with E-state index < -0.39 is 0 Å². The minimum atomic E-state index is -0.209. The lowest BCUT2D eigenvalue weighted by Crippen LogP contribution is -2.22. The lowest BCUT2D eigenvalue weighted by Gasteiger charge is -2.16. The summed E-state index contributed by atoms with van der Waals surface area (Å²) in [6.07, 6.45) is 5.05. The summed E-state index contributed by atoms with van der Waals surface area (Å²) in [5.41, 5.74) is 1.14. The van der Waals surface area contributed by atoms with Crippen molar-refractivity contribution in [2.75, 3.05) is 0 Å². The number of hydrogen-bond acceptors (Lipinski definition) is 4. The standard InChI is InChI=1S/C23H24Br2ClN3O2/c1-4-6-7-21-28-20-9-8-16(24)11-18(20)23(30)29(21)27-13-15-10-17(26)12-19(25)22(15)31-14(3)5-2/h8-14H,4-7H2,1-3H3/t14-/m0/s1. The van der Waals surface area contributed by atoms with E-state index in [-0.39, 0.29) is 11.7 Å². The monoisotopic (exact) mass is 567 g/mol. The lowest BCUT2D eigenvalue weighted by atomic mass is 10.2. The van der Waals surface area contributed by atoms with Crippen molar-refractivity contribution >= 4 is 60.6 Å². The Labute approximate surface area is 203 Å². The van der Waals surface area contributed by atoms with Gasteiger partial charge in [0, 0.05) is 21.5 Å². The number of nitrogens with zero attached hydrogens (tertiary/aromatic N) is 3. The van der Waals surface area contributed by atoms with Gasteiger partial charge in [0.1, 0.15) is 11.6 Å². The molecule has 3 rings (SSSR count). The van der Waals surface area contributed by atoms with Crippen LogP contribution in [0.25, 0.3) is 10.9 Å². The highest BCUT2D eigenvalue weighted by molar-refractivity contribution is 9.10. The largest absolute Gasteiger partial charge is 0.489 e. The third-order valence-corrected chi connectivity index (χ3v) is 6.17. The Kier molecular flexibility index (Phi) is 8.30. The second-order valence-electron chi connectivity index (χ2n) is 7.30. The number of ether oxygens (including phenoxy) is 1. The maximum absolute atomic E-state index is 13.3. The van der Waals surface area contributed by atoms with Crippen LogP contribution in [0.4, 0.5) is 0 Å². The predicted octanol–water partition coefficient (Wildman–Crippen LogP) is 6.98. The molecule has 0 fully saturated rings. The van der Waals surface area contributed by atoms with Gasteiger partial charge in [-0.05, 0) is 66.0 Å². The van der Waals surface area contributed by atoms with Crippen molar-refractivity contribution in [2.45, 2.75) is 52.6 Å². The fourth-order valence-corrected chi connectivity index (χ4v) is 4.30. The van der Waals surface area contributed by atoms with Crippen LogP contribution >= 0.6 is 43.5 Å². The second kappa shape index (κ2) is 10.7. The van der Waals surface area contributed by atoms with Gasteiger partial charge in [-0.1, -0.05) is 47.8 Å². The molecular weight excluding hydrogens is 546 g/mol. The zero-order valence-corrected chi connectivity index (χ0v) is 21.6. The van der Waals surface area contributed by atoms with Crippen LogP contribution in [0.3, 0.4) is 0 Å². The van der Waals surface area contributed by atoms with Crippen molar-refractivity contribution in [3.63, 3.8) is 0 Å². The Hall–Kier alpha value is -1.70. The van der Waals surface area contributed by atoms with Gasteiger partial charge in [0.15, 0.2) is 0 Å². The number of benzene rings is 2. The number of fused-ring (bicyclic) bond motifs is 1. The fraction of sp³-hybridized carbons (Fsp3) is 0.348. The first kappa shape index (κ1) is 24.0. The highest BCUT2D eigenvalue weighted by atomic mass is 79.9. The van der Waals surface area contributed by atoms with E-state index in [1.54, 1.807) is 24.4 Å². The molecular formula is C23H24Br2ClN3O2. The summed E-state index contributed by atoms with van der Waals surface area (Å²) in [6.45, 7) is 6.16. The third kappa shape index (κ3) is 5.76. The summed E-state index contributed by atoms with van der Waals surface area (Å²) in [6, 6.07) is 9.05. The van der Waals surface area contributed by atoms with Crippen molar-refractivity contribution in [3.05, 3.63) is 66.0 Å². The van der Waals surface area contributed by atoms with Crippen LogP contribution in [0.2, 0.25) is 5.02 Å². The predicted molar refractivity (Wildman–Crippen MR) is 135 cm³/mol. The molecule has 1 aromatic heterocycles. The molecule has 0 spiro atoms. The number of unbranched alkanes of at least 4 members (excludes halogenated alkanes) is 1. The summed E-state index contributed by atoms with van der Waals surface area (Å²) in [5.74, 6) is 1.27. The maximum Gasteiger partial charge on any atom is 0.282 e. The van der Waals surface area contributed by atoms with E-state index in [2.05, 4.69) is 50.8 Å². The SMILES string of the molecule is CCCCc1nc2ccc(Br)cc2c(=O)n1N=Cc1cc(Cl)cc(Br)c1O[C@@H](C)CC. The first-order valence-corrected chi connectivity index (χ1v) is 12.2. The molecule has 2 aromatic carbocycles. The van der Waals surface area contributed by atoms with E-state index in [9.17, 15) is 4.79 Å². The van der Waals surface area contributed by atoms with E-state index in [1.807, 2.05) is 19.1 Å². The number of halogens is 3. The van der Waals surface area contributed by atoms with Gasteiger partial charge in [0.2, 0.25) is 0 Å². The van der Waals surface area contributed by atoms with Crippen molar-refractivity contribution in [3.8, 4) is 5.75 Å². The van der Waals surface area contributed by atoms with Crippen LogP contribution in [-0.4, -0.2) is 22.0 Å². The van der Waals surface area contributed by atoms with Crippen LogP contribution in [0.15, 0.2) is 49.2 Å². The smallest absolute Gasteiger partial charge is 0.282 e. The summed E-state index contributed by atoms with van der Waals surface area (Å²) in [4.78, 5) is 18.0. The Morgan fingerprint density at radius 2 is 2.03 bits per heavy atom. The summed E-state index contributed by atoms with van der Waals surface area (Å²) in [7, 11) is 0. The number of aryl methyl sites for hydroxylation is 1. The Balaban J connectivity index is 2.14. The van der Waals surface area contributed by atoms with E-state index >= 15 is 0 Å². The third-order valence-electron chi connectivity index (χ3n) is 4.87. The van der Waals surface area contributed by atoms with Crippen molar-refractivity contribution in [1.29, 1.82) is 0 Å². The summed E-state index contributed by atoms with van der Waals surface area (Å²) < 4.78 is 9.01. The van der Waals surface area contributed by atoms with Gasteiger partial charge in [0.25, 0.3) is 5.56 Å². The van der Waals surface area contributed by atoms with E-state index in [0.29, 0.717) is 39.5 Å². The van der Waals surface area contributed by atoms with Crippen LogP contribution in [0.1, 0.15) is 51.4 Å². The second-order valence-corrected chi connectivity index (χ2v) is 9.50. The molecule has 0 saturated carbocycles. The molecule has 164 valence electrons. The van der Waals surface area contributed by atoms with Gasteiger partial charge < -0.3 is 4.74 Å². The van der Waals surface area contributed by atoms with Gasteiger partial charge in [-0.25, -0.2) is 4.98 Å².